The highest BCUT2D eigenvalue weighted by Gasteiger charge is 2.19. The Balaban J connectivity index is 1.77. The molecule has 0 saturated carbocycles. The fraction of sp³-hybridized carbons (Fsp3) is 0.714. The van der Waals surface area contributed by atoms with E-state index in [9.17, 15) is 0 Å². The largest absolute Gasteiger partial charge is 0.464 e. The standard InChI is InChI=1S/C14H23NO3/c1-10(2)5-15-6-12-4-13(18-11(12)3)9-17-14-7-16-8-14/h4,10,14-15H,5-9H2,1-3H3. The zero-order valence-electron chi connectivity index (χ0n) is 11.5. The van der Waals surface area contributed by atoms with Gasteiger partial charge in [0.15, 0.2) is 0 Å². The van der Waals surface area contributed by atoms with E-state index in [0.717, 1.165) is 24.6 Å². The lowest BCUT2D eigenvalue weighted by molar-refractivity contribution is -0.137. The predicted octanol–water partition coefficient (Wildman–Crippen LogP) is 2.25. The van der Waals surface area contributed by atoms with Crippen molar-refractivity contribution in [1.82, 2.24) is 5.32 Å². The Morgan fingerprint density at radius 2 is 2.22 bits per heavy atom. The van der Waals surface area contributed by atoms with Gasteiger partial charge in [0, 0.05) is 12.1 Å². The second kappa shape index (κ2) is 6.36. The highest BCUT2D eigenvalue weighted by Crippen LogP contribution is 2.17. The highest BCUT2D eigenvalue weighted by atomic mass is 16.6. The Labute approximate surface area is 109 Å². The molecule has 0 unspecified atom stereocenters. The monoisotopic (exact) mass is 253 g/mol. The van der Waals surface area contributed by atoms with Gasteiger partial charge in [-0.1, -0.05) is 13.8 Å². The van der Waals surface area contributed by atoms with Gasteiger partial charge in [-0.05, 0) is 25.5 Å². The summed E-state index contributed by atoms with van der Waals surface area (Å²) < 4.78 is 16.4. The molecule has 1 fully saturated rings. The van der Waals surface area contributed by atoms with Crippen molar-refractivity contribution in [3.63, 3.8) is 0 Å². The average molecular weight is 253 g/mol. The second-order valence-electron chi connectivity index (χ2n) is 5.29. The zero-order chi connectivity index (χ0) is 13.0. The molecule has 0 spiro atoms. The van der Waals surface area contributed by atoms with Crippen LogP contribution >= 0.6 is 0 Å². The number of nitrogens with one attached hydrogen (secondary N) is 1. The van der Waals surface area contributed by atoms with Gasteiger partial charge in [0.25, 0.3) is 0 Å². The van der Waals surface area contributed by atoms with Gasteiger partial charge in [-0.15, -0.1) is 0 Å². The van der Waals surface area contributed by atoms with Gasteiger partial charge in [-0.2, -0.15) is 0 Å². The van der Waals surface area contributed by atoms with Gasteiger partial charge in [0.05, 0.1) is 13.2 Å². The zero-order valence-corrected chi connectivity index (χ0v) is 11.5. The van der Waals surface area contributed by atoms with Crippen LogP contribution in [0.4, 0.5) is 0 Å². The molecule has 102 valence electrons. The Morgan fingerprint density at radius 3 is 2.83 bits per heavy atom. The Kier molecular flexibility index (Phi) is 4.80. The third-order valence-electron chi connectivity index (χ3n) is 3.01. The molecule has 0 atom stereocenters. The van der Waals surface area contributed by atoms with Crippen LogP contribution in [-0.4, -0.2) is 25.9 Å². The molecule has 4 heteroatoms. The van der Waals surface area contributed by atoms with Crippen LogP contribution in [0.3, 0.4) is 0 Å². The quantitative estimate of drug-likeness (QED) is 0.809. The van der Waals surface area contributed by atoms with E-state index < -0.39 is 0 Å². The smallest absolute Gasteiger partial charge is 0.130 e. The van der Waals surface area contributed by atoms with E-state index in [4.69, 9.17) is 13.9 Å². The van der Waals surface area contributed by atoms with Crippen molar-refractivity contribution in [1.29, 1.82) is 0 Å². The summed E-state index contributed by atoms with van der Waals surface area (Å²) in [5.41, 5.74) is 1.22. The molecule has 0 aromatic carbocycles. The molecule has 1 aliphatic rings. The maximum atomic E-state index is 5.69. The summed E-state index contributed by atoms with van der Waals surface area (Å²) in [6.07, 6.45) is 0.248. The summed E-state index contributed by atoms with van der Waals surface area (Å²) in [5.74, 6) is 2.55. The molecule has 0 amide bonds. The van der Waals surface area contributed by atoms with E-state index in [1.54, 1.807) is 0 Å². The van der Waals surface area contributed by atoms with Crippen LogP contribution < -0.4 is 5.32 Å². The minimum absolute atomic E-state index is 0.248. The number of rotatable bonds is 7. The van der Waals surface area contributed by atoms with Gasteiger partial charge in [0.2, 0.25) is 0 Å². The van der Waals surface area contributed by atoms with E-state index in [0.29, 0.717) is 25.7 Å². The summed E-state index contributed by atoms with van der Waals surface area (Å²) in [6, 6.07) is 2.09. The fourth-order valence-corrected chi connectivity index (χ4v) is 1.84. The van der Waals surface area contributed by atoms with E-state index in [2.05, 4.69) is 25.2 Å². The topological polar surface area (TPSA) is 43.6 Å². The van der Waals surface area contributed by atoms with E-state index in [1.807, 2.05) is 6.92 Å². The lowest BCUT2D eigenvalue weighted by Crippen LogP contribution is -2.35. The molecular weight excluding hydrogens is 230 g/mol. The second-order valence-corrected chi connectivity index (χ2v) is 5.29. The van der Waals surface area contributed by atoms with Crippen molar-refractivity contribution < 1.29 is 13.9 Å². The maximum absolute atomic E-state index is 5.69. The van der Waals surface area contributed by atoms with Gasteiger partial charge in [-0.3, -0.25) is 0 Å². The van der Waals surface area contributed by atoms with Crippen molar-refractivity contribution in [2.24, 2.45) is 5.92 Å². The fourth-order valence-electron chi connectivity index (χ4n) is 1.84. The van der Waals surface area contributed by atoms with E-state index in [-0.39, 0.29) is 6.10 Å². The van der Waals surface area contributed by atoms with E-state index in [1.165, 1.54) is 5.56 Å². The highest BCUT2D eigenvalue weighted by molar-refractivity contribution is 5.20. The predicted molar refractivity (Wildman–Crippen MR) is 69.4 cm³/mol. The number of hydrogen-bond acceptors (Lipinski definition) is 4. The SMILES string of the molecule is Cc1oc(COC2COC2)cc1CNCC(C)C. The maximum Gasteiger partial charge on any atom is 0.130 e. The minimum atomic E-state index is 0.248. The number of ether oxygens (including phenoxy) is 2. The first-order valence-electron chi connectivity index (χ1n) is 6.63. The molecule has 2 heterocycles. The average Bonchev–Trinajstić information content (AvgIpc) is 2.57. The van der Waals surface area contributed by atoms with Gasteiger partial charge in [0.1, 0.15) is 24.2 Å². The number of hydrogen-bond donors (Lipinski definition) is 1. The summed E-state index contributed by atoms with van der Waals surface area (Å²) in [4.78, 5) is 0. The van der Waals surface area contributed by atoms with Crippen molar-refractivity contribution in [3.05, 3.63) is 23.2 Å². The van der Waals surface area contributed by atoms with Crippen molar-refractivity contribution in [2.45, 2.75) is 40.0 Å². The lowest BCUT2D eigenvalue weighted by Gasteiger charge is -2.25. The van der Waals surface area contributed by atoms with Crippen molar-refractivity contribution in [3.8, 4) is 0 Å². The van der Waals surface area contributed by atoms with Crippen molar-refractivity contribution in [2.75, 3.05) is 19.8 Å². The summed E-state index contributed by atoms with van der Waals surface area (Å²) in [6.45, 7) is 10.3. The molecule has 1 saturated heterocycles. The Bertz CT molecular complexity index is 369. The Morgan fingerprint density at radius 1 is 1.44 bits per heavy atom. The van der Waals surface area contributed by atoms with Crippen LogP contribution in [0.5, 0.6) is 0 Å². The van der Waals surface area contributed by atoms with Crippen LogP contribution in [0.25, 0.3) is 0 Å². The van der Waals surface area contributed by atoms with Crippen LogP contribution in [-0.2, 0) is 22.6 Å². The van der Waals surface area contributed by atoms with E-state index >= 15 is 0 Å². The molecule has 4 nitrogen and oxygen atoms in total. The molecular formula is C14H23NO3. The first kappa shape index (κ1) is 13.6. The molecule has 1 aliphatic heterocycles. The molecule has 1 N–H and O–H groups in total. The summed E-state index contributed by atoms with van der Waals surface area (Å²) in [5, 5.41) is 3.42. The summed E-state index contributed by atoms with van der Waals surface area (Å²) >= 11 is 0. The molecule has 2 rings (SSSR count). The Hall–Kier alpha value is -0.840. The summed E-state index contributed by atoms with van der Waals surface area (Å²) in [7, 11) is 0. The van der Waals surface area contributed by atoms with Gasteiger partial charge in [-0.25, -0.2) is 0 Å². The van der Waals surface area contributed by atoms with Gasteiger partial charge >= 0.3 is 0 Å². The minimum Gasteiger partial charge on any atom is -0.464 e. The molecule has 1 aromatic heterocycles. The molecule has 1 aromatic rings. The first-order valence-corrected chi connectivity index (χ1v) is 6.63. The lowest BCUT2D eigenvalue weighted by atomic mass is 10.2. The van der Waals surface area contributed by atoms with Crippen LogP contribution in [0, 0.1) is 12.8 Å². The van der Waals surface area contributed by atoms with Crippen molar-refractivity contribution >= 4 is 0 Å². The van der Waals surface area contributed by atoms with Gasteiger partial charge < -0.3 is 19.2 Å². The number of furan rings is 1. The third kappa shape index (κ3) is 3.83. The van der Waals surface area contributed by atoms with Crippen LogP contribution in [0.2, 0.25) is 0 Å². The first-order chi connectivity index (χ1) is 8.65. The molecule has 0 radical (unpaired) electrons. The molecule has 0 aliphatic carbocycles. The molecule has 0 bridgehead atoms. The third-order valence-corrected chi connectivity index (χ3v) is 3.01. The van der Waals surface area contributed by atoms with Crippen LogP contribution in [0.15, 0.2) is 10.5 Å². The number of aryl methyl sites for hydroxylation is 1. The normalized spacial score (nSPS) is 16.2. The van der Waals surface area contributed by atoms with Crippen LogP contribution in [0.1, 0.15) is 30.9 Å². The molecule has 18 heavy (non-hydrogen) atoms.